The number of unbranched alkanes of at least 4 members (excludes halogenated alkanes) is 40. The van der Waals surface area contributed by atoms with Gasteiger partial charge in [0.1, 0.15) is 13.2 Å². The molecule has 0 aliphatic heterocycles. The van der Waals surface area contributed by atoms with Crippen molar-refractivity contribution in [3.05, 3.63) is 97.2 Å². The van der Waals surface area contributed by atoms with E-state index in [1.54, 1.807) is 0 Å². The average Bonchev–Trinajstić information content (AvgIpc) is 3.70. The first-order valence-corrected chi connectivity index (χ1v) is 39.1. The van der Waals surface area contributed by atoms with Crippen molar-refractivity contribution in [2.45, 2.75) is 360 Å². The third-order valence-electron chi connectivity index (χ3n) is 16.8. The lowest BCUT2D eigenvalue weighted by molar-refractivity contribution is -0.870. The van der Waals surface area contributed by atoms with Crippen molar-refractivity contribution in [2.75, 3.05) is 40.9 Å². The molecular weight excluding hydrogens is 1100 g/mol. The van der Waals surface area contributed by atoms with E-state index in [1.165, 1.54) is 231 Å². The molecule has 0 aromatic carbocycles. The van der Waals surface area contributed by atoms with Crippen LogP contribution in [0, 0.1) is 0 Å². The lowest BCUT2D eigenvalue weighted by Crippen LogP contribution is -2.46. The first-order valence-electron chi connectivity index (χ1n) is 37.6. The molecule has 8 nitrogen and oxygen atoms in total. The monoisotopic (exact) mass is 1250 g/mol. The van der Waals surface area contributed by atoms with Crippen molar-refractivity contribution in [3.8, 4) is 0 Å². The number of hydrogen-bond donors (Lipinski definition) is 3. The molecule has 0 saturated heterocycles. The van der Waals surface area contributed by atoms with Gasteiger partial charge >= 0.3 is 7.82 Å². The summed E-state index contributed by atoms with van der Waals surface area (Å²) in [7, 11) is 1.62. The van der Waals surface area contributed by atoms with Crippen molar-refractivity contribution < 1.29 is 32.9 Å². The predicted molar refractivity (Wildman–Crippen MR) is 387 cm³/mol. The molecule has 0 heterocycles. The fourth-order valence-electron chi connectivity index (χ4n) is 11.1. The highest BCUT2D eigenvalue weighted by Gasteiger charge is 2.28. The first-order chi connectivity index (χ1) is 43.0. The molecule has 0 saturated carbocycles. The van der Waals surface area contributed by atoms with Crippen molar-refractivity contribution in [2.24, 2.45) is 0 Å². The molecule has 9 heteroatoms. The molecule has 0 fully saturated rings. The summed E-state index contributed by atoms with van der Waals surface area (Å²) in [6.45, 7) is 4.81. The summed E-state index contributed by atoms with van der Waals surface area (Å²) in [5.41, 5.74) is 0. The zero-order valence-corrected chi connectivity index (χ0v) is 59.6. The molecule has 1 amide bonds. The SMILES string of the molecule is CC/C=C\C/C=C\C/C=C\C/C=C\C/C=C\C/C=C\C/C=C\C/C=C\CCCCCCCCCCCCCCCCC(=O)NC(COP(=O)(O)OCC[N+](C)(C)C)C(O)CCCCCCCCCCCCCCCCCCCCCCCCCCCCC. The zero-order valence-electron chi connectivity index (χ0n) is 58.7. The van der Waals surface area contributed by atoms with Crippen LogP contribution in [-0.4, -0.2) is 73.4 Å². The van der Waals surface area contributed by atoms with Gasteiger partial charge in [0, 0.05) is 6.42 Å². The molecule has 0 bridgehead atoms. The van der Waals surface area contributed by atoms with Gasteiger partial charge in [0.2, 0.25) is 5.91 Å². The number of nitrogens with one attached hydrogen (secondary N) is 1. The molecule has 0 aromatic heterocycles. The highest BCUT2D eigenvalue weighted by atomic mass is 31.2. The second-order valence-corrected chi connectivity index (χ2v) is 28.1. The number of carbonyl (C=O) groups excluding carboxylic acids is 1. The molecule has 0 aromatic rings. The molecule has 0 spiro atoms. The standard InChI is InChI=1S/C79H145N2O6P/c1-6-8-10-12-14-16-18-20-22-24-26-28-30-32-34-35-36-37-38-39-40-41-42-43-44-45-47-49-51-53-55-57-59-61-63-65-67-69-71-73-79(83)80-77(76-87-88(84,85)86-75-74-81(3,4)5)78(82)72-70-68-66-64-62-60-58-56-54-52-50-48-46-33-31-29-27-25-23-21-19-17-15-13-11-9-7-2/h8,10,14,16,20,22,26,28,32,34,36-37,39-40,42-43,77-78,82H,6-7,9,11-13,15,17-19,21,23-25,27,29-31,33,35,38,41,44-76H2,1-5H3,(H-,80,83,84,85)/p+1/b10-8-,16-14-,22-20-,28-26-,34-32-,37-36-,40-39-,43-42-. The van der Waals surface area contributed by atoms with Crippen molar-refractivity contribution in [3.63, 3.8) is 0 Å². The van der Waals surface area contributed by atoms with Gasteiger partial charge in [-0.2, -0.15) is 0 Å². The first kappa shape index (κ1) is 85.4. The number of aliphatic hydroxyl groups is 1. The summed E-state index contributed by atoms with van der Waals surface area (Å²) in [4.78, 5) is 23.5. The Morgan fingerprint density at radius 3 is 1.00 bits per heavy atom. The molecular formula is C79H146N2O6P+. The Balaban J connectivity index is 4.01. The number of carbonyl (C=O) groups is 1. The van der Waals surface area contributed by atoms with Gasteiger partial charge in [0.25, 0.3) is 0 Å². The number of amides is 1. The van der Waals surface area contributed by atoms with Crippen molar-refractivity contribution in [1.29, 1.82) is 0 Å². The van der Waals surface area contributed by atoms with Gasteiger partial charge in [-0.3, -0.25) is 13.8 Å². The van der Waals surface area contributed by atoms with Crippen LogP contribution in [0.2, 0.25) is 0 Å². The Morgan fingerprint density at radius 2 is 0.682 bits per heavy atom. The zero-order chi connectivity index (χ0) is 64.1. The fourth-order valence-corrected chi connectivity index (χ4v) is 11.8. The highest BCUT2D eigenvalue weighted by molar-refractivity contribution is 7.47. The number of hydrogen-bond acceptors (Lipinski definition) is 5. The van der Waals surface area contributed by atoms with E-state index in [2.05, 4.69) is 116 Å². The lowest BCUT2D eigenvalue weighted by atomic mass is 10.0. The van der Waals surface area contributed by atoms with Crippen LogP contribution in [0.25, 0.3) is 0 Å². The summed E-state index contributed by atoms with van der Waals surface area (Å²) in [5.74, 6) is -0.143. The molecule has 3 atom stereocenters. The van der Waals surface area contributed by atoms with Crippen LogP contribution < -0.4 is 5.32 Å². The van der Waals surface area contributed by atoms with E-state index in [-0.39, 0.29) is 19.1 Å². The molecule has 3 N–H and O–H groups in total. The quantitative estimate of drug-likeness (QED) is 0.0243. The van der Waals surface area contributed by atoms with Crippen LogP contribution in [0.5, 0.6) is 0 Å². The Bertz CT molecular complexity index is 1760. The topological polar surface area (TPSA) is 105 Å². The minimum absolute atomic E-state index is 0.0727. The summed E-state index contributed by atoms with van der Waals surface area (Å²) in [6, 6.07) is -0.767. The third kappa shape index (κ3) is 70.9. The summed E-state index contributed by atoms with van der Waals surface area (Å²) >= 11 is 0. The number of rotatable bonds is 69. The Labute approximate surface area is 547 Å². The Hall–Kier alpha value is -2.58. The van der Waals surface area contributed by atoms with Crippen LogP contribution in [0.1, 0.15) is 348 Å². The maximum absolute atomic E-state index is 13.1. The summed E-state index contributed by atoms with van der Waals surface area (Å²) in [5, 5.41) is 14.2. The number of phosphoric ester groups is 1. The minimum atomic E-state index is -4.34. The molecule has 3 unspecified atom stereocenters. The van der Waals surface area contributed by atoms with Crippen LogP contribution >= 0.6 is 7.82 Å². The maximum Gasteiger partial charge on any atom is 0.472 e. The summed E-state index contributed by atoms with van der Waals surface area (Å²) in [6.07, 6.45) is 99.5. The van der Waals surface area contributed by atoms with Crippen LogP contribution in [0.3, 0.4) is 0 Å². The van der Waals surface area contributed by atoms with Gasteiger partial charge in [0.05, 0.1) is 39.9 Å². The Kier molecular flexibility index (Phi) is 66.8. The molecule has 0 radical (unpaired) electrons. The number of quaternary nitrogens is 1. The predicted octanol–water partition coefficient (Wildman–Crippen LogP) is 24.4. The van der Waals surface area contributed by atoms with Gasteiger partial charge in [-0.25, -0.2) is 4.57 Å². The fraction of sp³-hybridized carbons (Fsp3) is 0.785. The molecule has 0 aliphatic rings. The Morgan fingerprint density at radius 1 is 0.398 bits per heavy atom. The van der Waals surface area contributed by atoms with Gasteiger partial charge in [-0.05, 0) is 77.0 Å². The van der Waals surface area contributed by atoms with Gasteiger partial charge in [-0.15, -0.1) is 0 Å². The highest BCUT2D eigenvalue weighted by Crippen LogP contribution is 2.43. The second kappa shape index (κ2) is 68.8. The van der Waals surface area contributed by atoms with Gasteiger partial charge in [-0.1, -0.05) is 361 Å². The van der Waals surface area contributed by atoms with Crippen molar-refractivity contribution in [1.82, 2.24) is 5.32 Å². The maximum atomic E-state index is 13.1. The number of aliphatic hydroxyl groups excluding tert-OH is 1. The second-order valence-electron chi connectivity index (χ2n) is 26.7. The molecule has 0 rings (SSSR count). The summed E-state index contributed by atoms with van der Waals surface area (Å²) < 4.78 is 23.9. The number of phosphoric acid groups is 1. The van der Waals surface area contributed by atoms with E-state index in [0.29, 0.717) is 23.9 Å². The number of allylic oxidation sites excluding steroid dienone is 16. The van der Waals surface area contributed by atoms with E-state index in [9.17, 15) is 19.4 Å². The largest absolute Gasteiger partial charge is 0.472 e. The molecule has 0 aliphatic carbocycles. The minimum Gasteiger partial charge on any atom is -0.391 e. The molecule has 512 valence electrons. The lowest BCUT2D eigenvalue weighted by Gasteiger charge is -2.26. The van der Waals surface area contributed by atoms with Crippen molar-refractivity contribution >= 4 is 13.7 Å². The molecule has 88 heavy (non-hydrogen) atoms. The van der Waals surface area contributed by atoms with Crippen LogP contribution in [0.4, 0.5) is 0 Å². The number of nitrogens with zero attached hydrogens (tertiary/aromatic N) is 1. The smallest absolute Gasteiger partial charge is 0.391 e. The van der Waals surface area contributed by atoms with E-state index in [4.69, 9.17) is 9.05 Å². The van der Waals surface area contributed by atoms with Crippen LogP contribution in [0.15, 0.2) is 97.2 Å². The van der Waals surface area contributed by atoms with E-state index in [0.717, 1.165) is 89.9 Å². The van der Waals surface area contributed by atoms with E-state index in [1.807, 2.05) is 21.1 Å². The van der Waals surface area contributed by atoms with Gasteiger partial charge < -0.3 is 19.8 Å². The van der Waals surface area contributed by atoms with E-state index >= 15 is 0 Å². The number of likely N-dealkylation sites (N-methyl/N-ethyl adjacent to an activating group) is 1. The normalized spacial score (nSPS) is 14.1. The van der Waals surface area contributed by atoms with Crippen LogP contribution in [-0.2, 0) is 18.4 Å². The third-order valence-corrected chi connectivity index (χ3v) is 17.8. The average molecular weight is 1250 g/mol. The van der Waals surface area contributed by atoms with Gasteiger partial charge in [0.15, 0.2) is 0 Å². The van der Waals surface area contributed by atoms with E-state index < -0.39 is 20.0 Å².